The molecule has 0 radical (unpaired) electrons. The predicted octanol–water partition coefficient (Wildman–Crippen LogP) is 2.01. The molecule has 0 aromatic rings. The average molecular weight is 168 g/mol. The molecular weight excluding hydrogens is 152 g/mol. The Morgan fingerprint density at radius 2 is 2.08 bits per heavy atom. The van der Waals surface area contributed by atoms with Gasteiger partial charge in [0.15, 0.2) is 0 Å². The van der Waals surface area contributed by atoms with Crippen LogP contribution in [0.3, 0.4) is 0 Å². The van der Waals surface area contributed by atoms with E-state index in [-0.39, 0.29) is 11.9 Å². The van der Waals surface area contributed by atoms with Crippen molar-refractivity contribution in [3.63, 3.8) is 0 Å². The summed E-state index contributed by atoms with van der Waals surface area (Å²) in [5.41, 5.74) is 0. The van der Waals surface area contributed by atoms with Crippen LogP contribution in [0.15, 0.2) is 12.2 Å². The van der Waals surface area contributed by atoms with E-state index in [1.165, 1.54) is 7.11 Å². The zero-order chi connectivity index (χ0) is 9.14. The summed E-state index contributed by atoms with van der Waals surface area (Å²) in [7, 11) is 1.46. The number of esters is 1. The summed E-state index contributed by atoms with van der Waals surface area (Å²) in [6.45, 7) is 4.18. The highest BCUT2D eigenvalue weighted by Crippen LogP contribution is 2.28. The molecule has 68 valence electrons. The molecule has 0 bridgehead atoms. The van der Waals surface area contributed by atoms with Crippen LogP contribution in [0.4, 0.5) is 0 Å². The third-order valence-corrected chi connectivity index (χ3v) is 2.51. The minimum absolute atomic E-state index is 0.0648. The molecule has 0 aromatic heterocycles. The zero-order valence-corrected chi connectivity index (χ0v) is 7.91. The molecule has 1 aliphatic carbocycles. The van der Waals surface area contributed by atoms with Gasteiger partial charge in [0.1, 0.15) is 0 Å². The Bertz CT molecular complexity index is 196. The third kappa shape index (κ3) is 1.87. The van der Waals surface area contributed by atoms with Crippen molar-refractivity contribution in [3.8, 4) is 0 Å². The number of carbonyl (C=O) groups excluding carboxylic acids is 1. The van der Waals surface area contributed by atoms with Gasteiger partial charge in [0.05, 0.1) is 13.0 Å². The Morgan fingerprint density at radius 3 is 2.67 bits per heavy atom. The van der Waals surface area contributed by atoms with Crippen LogP contribution >= 0.6 is 0 Å². The van der Waals surface area contributed by atoms with E-state index in [9.17, 15) is 4.79 Å². The Morgan fingerprint density at radius 1 is 1.42 bits per heavy atom. The lowest BCUT2D eigenvalue weighted by molar-refractivity contribution is -0.147. The molecule has 1 rings (SSSR count). The first-order chi connectivity index (χ1) is 5.65. The van der Waals surface area contributed by atoms with Crippen molar-refractivity contribution in [1.82, 2.24) is 0 Å². The van der Waals surface area contributed by atoms with Gasteiger partial charge in [-0.3, -0.25) is 4.79 Å². The molecule has 0 aliphatic heterocycles. The molecule has 0 unspecified atom stereocenters. The molecular formula is C10H16O2. The van der Waals surface area contributed by atoms with Gasteiger partial charge in [0.2, 0.25) is 0 Å². The van der Waals surface area contributed by atoms with Crippen LogP contribution in [-0.2, 0) is 9.53 Å². The maximum atomic E-state index is 11.3. The highest BCUT2D eigenvalue weighted by atomic mass is 16.5. The predicted molar refractivity (Wildman–Crippen MR) is 47.6 cm³/mol. The van der Waals surface area contributed by atoms with Crippen LogP contribution in [0.1, 0.15) is 20.3 Å². The van der Waals surface area contributed by atoms with Gasteiger partial charge in [0, 0.05) is 0 Å². The average Bonchev–Trinajstić information content (AvgIpc) is 2.08. The van der Waals surface area contributed by atoms with E-state index in [2.05, 4.69) is 26.0 Å². The van der Waals surface area contributed by atoms with E-state index in [4.69, 9.17) is 4.74 Å². The number of rotatable bonds is 1. The van der Waals surface area contributed by atoms with Gasteiger partial charge in [-0.1, -0.05) is 26.0 Å². The Kier molecular flexibility index (Phi) is 2.90. The van der Waals surface area contributed by atoms with E-state index in [0.29, 0.717) is 11.8 Å². The maximum absolute atomic E-state index is 11.3. The second kappa shape index (κ2) is 3.74. The van der Waals surface area contributed by atoms with Gasteiger partial charge >= 0.3 is 5.97 Å². The SMILES string of the molecule is COC(=O)[C@@H]1C[C@H](C)C=C[C@H]1C. The van der Waals surface area contributed by atoms with E-state index in [0.717, 1.165) is 6.42 Å². The van der Waals surface area contributed by atoms with Gasteiger partial charge in [-0.05, 0) is 18.3 Å². The Balaban J connectivity index is 2.65. The summed E-state index contributed by atoms with van der Waals surface area (Å²) in [4.78, 5) is 11.3. The van der Waals surface area contributed by atoms with Gasteiger partial charge in [-0.2, -0.15) is 0 Å². The summed E-state index contributed by atoms with van der Waals surface area (Å²) in [5, 5.41) is 0. The topological polar surface area (TPSA) is 26.3 Å². The minimum atomic E-state index is -0.0706. The van der Waals surface area contributed by atoms with Crippen LogP contribution in [-0.4, -0.2) is 13.1 Å². The van der Waals surface area contributed by atoms with Crippen LogP contribution in [0, 0.1) is 17.8 Å². The molecule has 12 heavy (non-hydrogen) atoms. The molecule has 0 saturated carbocycles. The van der Waals surface area contributed by atoms with Gasteiger partial charge in [-0.25, -0.2) is 0 Å². The fourth-order valence-electron chi connectivity index (χ4n) is 1.66. The number of methoxy groups -OCH3 is 1. The number of carbonyl (C=O) groups is 1. The molecule has 2 nitrogen and oxygen atoms in total. The second-order valence-corrected chi connectivity index (χ2v) is 3.59. The lowest BCUT2D eigenvalue weighted by Gasteiger charge is -2.25. The van der Waals surface area contributed by atoms with Gasteiger partial charge in [0.25, 0.3) is 0 Å². The van der Waals surface area contributed by atoms with Crippen LogP contribution < -0.4 is 0 Å². The van der Waals surface area contributed by atoms with Crippen molar-refractivity contribution in [1.29, 1.82) is 0 Å². The van der Waals surface area contributed by atoms with Crippen molar-refractivity contribution in [2.45, 2.75) is 20.3 Å². The molecule has 3 atom stereocenters. The summed E-state index contributed by atoms with van der Waals surface area (Å²) >= 11 is 0. The molecule has 0 amide bonds. The van der Waals surface area contributed by atoms with Crippen molar-refractivity contribution < 1.29 is 9.53 Å². The van der Waals surface area contributed by atoms with Crippen LogP contribution in [0.25, 0.3) is 0 Å². The fraction of sp³-hybridized carbons (Fsp3) is 0.700. The van der Waals surface area contributed by atoms with Crippen molar-refractivity contribution >= 4 is 5.97 Å². The lowest BCUT2D eigenvalue weighted by atomic mass is 9.81. The Hall–Kier alpha value is -0.790. The molecule has 0 spiro atoms. The first-order valence-electron chi connectivity index (χ1n) is 4.41. The second-order valence-electron chi connectivity index (χ2n) is 3.59. The minimum Gasteiger partial charge on any atom is -0.469 e. The fourth-order valence-corrected chi connectivity index (χ4v) is 1.66. The van der Waals surface area contributed by atoms with E-state index < -0.39 is 0 Å². The molecule has 1 aliphatic rings. The van der Waals surface area contributed by atoms with E-state index >= 15 is 0 Å². The number of hydrogen-bond donors (Lipinski definition) is 0. The normalized spacial score (nSPS) is 34.8. The summed E-state index contributed by atoms with van der Waals surface area (Å²) in [5.74, 6) is 0.827. The largest absolute Gasteiger partial charge is 0.469 e. The van der Waals surface area contributed by atoms with Gasteiger partial charge in [-0.15, -0.1) is 0 Å². The Labute approximate surface area is 73.6 Å². The smallest absolute Gasteiger partial charge is 0.309 e. The number of ether oxygens (including phenoxy) is 1. The highest BCUT2D eigenvalue weighted by Gasteiger charge is 2.28. The van der Waals surface area contributed by atoms with Crippen molar-refractivity contribution in [2.75, 3.05) is 7.11 Å². The third-order valence-electron chi connectivity index (χ3n) is 2.51. The van der Waals surface area contributed by atoms with Crippen molar-refractivity contribution in [2.24, 2.45) is 17.8 Å². The van der Waals surface area contributed by atoms with Gasteiger partial charge < -0.3 is 4.74 Å². The summed E-state index contributed by atoms with van der Waals surface area (Å²) < 4.78 is 4.74. The summed E-state index contributed by atoms with van der Waals surface area (Å²) in [6, 6.07) is 0. The molecule has 0 saturated heterocycles. The zero-order valence-electron chi connectivity index (χ0n) is 7.91. The highest BCUT2D eigenvalue weighted by molar-refractivity contribution is 5.73. The van der Waals surface area contributed by atoms with Crippen LogP contribution in [0.2, 0.25) is 0 Å². The standard InChI is InChI=1S/C10H16O2/c1-7-4-5-8(2)9(6-7)10(11)12-3/h4-5,7-9H,6H2,1-3H3/t7-,8-,9-/m1/s1. The van der Waals surface area contributed by atoms with E-state index in [1.807, 2.05) is 0 Å². The quantitative estimate of drug-likeness (QED) is 0.442. The first kappa shape index (κ1) is 9.30. The number of allylic oxidation sites excluding steroid dienone is 2. The lowest BCUT2D eigenvalue weighted by Crippen LogP contribution is -2.26. The first-order valence-corrected chi connectivity index (χ1v) is 4.41. The molecule has 0 N–H and O–H groups in total. The van der Waals surface area contributed by atoms with Crippen LogP contribution in [0.5, 0.6) is 0 Å². The molecule has 2 heteroatoms. The molecule has 0 heterocycles. The molecule has 0 fully saturated rings. The maximum Gasteiger partial charge on any atom is 0.309 e. The van der Waals surface area contributed by atoms with Crippen molar-refractivity contribution in [3.05, 3.63) is 12.2 Å². The molecule has 0 aromatic carbocycles. The summed E-state index contributed by atoms with van der Waals surface area (Å²) in [6.07, 6.45) is 5.20. The monoisotopic (exact) mass is 168 g/mol. The van der Waals surface area contributed by atoms with E-state index in [1.54, 1.807) is 0 Å². The number of hydrogen-bond acceptors (Lipinski definition) is 2.